The average Bonchev–Trinajstić information content (AvgIpc) is 2.79. The van der Waals surface area contributed by atoms with Crippen LogP contribution in [0.25, 0.3) is 10.9 Å². The maximum Gasteiger partial charge on any atom is 0.305 e. The molecule has 0 fully saturated rings. The molecule has 1 N–H and O–H groups in total. The van der Waals surface area contributed by atoms with E-state index >= 15 is 0 Å². The quantitative estimate of drug-likeness (QED) is 0.842. The van der Waals surface area contributed by atoms with Crippen LogP contribution in [-0.2, 0) is 26.5 Å². The summed E-state index contributed by atoms with van der Waals surface area (Å²) in [6.07, 6.45) is 1.23. The third kappa shape index (κ3) is 2.31. The molecule has 0 radical (unpaired) electrons. The van der Waals surface area contributed by atoms with Crippen molar-refractivity contribution < 1.29 is 14.3 Å². The summed E-state index contributed by atoms with van der Waals surface area (Å²) in [5.74, 6) is -1.46. The van der Waals surface area contributed by atoms with Gasteiger partial charge in [-0.1, -0.05) is 30.1 Å². The van der Waals surface area contributed by atoms with E-state index in [1.807, 2.05) is 13.0 Å². The first-order valence-electron chi connectivity index (χ1n) is 6.80. The number of hydrogen-bond donors (Lipinski definition) is 1. The molecule has 6 heteroatoms. The second-order valence-corrected chi connectivity index (χ2v) is 5.93. The molecule has 0 saturated heterocycles. The van der Waals surface area contributed by atoms with Crippen molar-refractivity contribution in [1.29, 1.82) is 0 Å². The zero-order valence-corrected chi connectivity index (χ0v) is 13.3. The molecule has 2 heterocycles. The Labute approximate surface area is 132 Å². The highest BCUT2D eigenvalue weighted by Crippen LogP contribution is 2.42. The predicted molar refractivity (Wildman–Crippen MR) is 81.7 cm³/mol. The Hall–Kier alpha value is -1.23. The smallest absolute Gasteiger partial charge is 0.305 e. The molecule has 2 aromatic rings. The first kappa shape index (κ1) is 14.7. The molecule has 0 bridgehead atoms. The van der Waals surface area contributed by atoms with Gasteiger partial charge in [0.05, 0.1) is 22.8 Å². The van der Waals surface area contributed by atoms with Gasteiger partial charge in [0.2, 0.25) is 0 Å². The normalized spacial score (nSPS) is 21.3. The number of nitrogens with one attached hydrogen (secondary N) is 1. The lowest BCUT2D eigenvalue weighted by atomic mass is 9.98. The standard InChI is InChI=1S/C15H15Cl2NO3/c1-3-15(21-8(2)19)14-10(4-5-20-15)11-6-9(16)7-12(17)13(11)18-14/h6-7,18H,3-5H2,1-2H3. The molecule has 112 valence electrons. The molecule has 1 aliphatic rings. The fourth-order valence-electron chi connectivity index (χ4n) is 2.91. The molecule has 0 amide bonds. The van der Waals surface area contributed by atoms with E-state index in [1.54, 1.807) is 6.07 Å². The minimum Gasteiger partial charge on any atom is -0.427 e. The minimum atomic E-state index is -1.08. The fourth-order valence-corrected chi connectivity index (χ4v) is 3.45. The van der Waals surface area contributed by atoms with Gasteiger partial charge in [0.25, 0.3) is 5.79 Å². The van der Waals surface area contributed by atoms with Crippen molar-refractivity contribution in [2.45, 2.75) is 32.5 Å². The van der Waals surface area contributed by atoms with Crippen LogP contribution in [0.4, 0.5) is 0 Å². The number of hydrogen-bond acceptors (Lipinski definition) is 3. The summed E-state index contributed by atoms with van der Waals surface area (Å²) >= 11 is 12.4. The zero-order chi connectivity index (χ0) is 15.2. The van der Waals surface area contributed by atoms with Gasteiger partial charge >= 0.3 is 5.97 Å². The van der Waals surface area contributed by atoms with E-state index < -0.39 is 5.79 Å². The van der Waals surface area contributed by atoms with Gasteiger partial charge < -0.3 is 14.5 Å². The number of esters is 1. The molecule has 0 saturated carbocycles. The van der Waals surface area contributed by atoms with Crippen molar-refractivity contribution in [1.82, 2.24) is 4.98 Å². The fraction of sp³-hybridized carbons (Fsp3) is 0.400. The van der Waals surface area contributed by atoms with Crippen LogP contribution in [0, 0.1) is 0 Å². The lowest BCUT2D eigenvalue weighted by Gasteiger charge is -2.35. The van der Waals surface area contributed by atoms with E-state index in [-0.39, 0.29) is 5.97 Å². The van der Waals surface area contributed by atoms with E-state index in [4.69, 9.17) is 32.7 Å². The Morgan fingerprint density at radius 1 is 1.48 bits per heavy atom. The summed E-state index contributed by atoms with van der Waals surface area (Å²) in [6, 6.07) is 3.56. The van der Waals surface area contributed by atoms with Gasteiger partial charge in [-0.25, -0.2) is 0 Å². The molecule has 1 atom stereocenters. The van der Waals surface area contributed by atoms with Crippen molar-refractivity contribution in [3.05, 3.63) is 33.4 Å². The van der Waals surface area contributed by atoms with Gasteiger partial charge in [0.15, 0.2) is 0 Å². The van der Waals surface area contributed by atoms with Crippen LogP contribution in [0.1, 0.15) is 31.5 Å². The molecular weight excluding hydrogens is 313 g/mol. The molecule has 1 aromatic carbocycles. The van der Waals surface area contributed by atoms with Crippen LogP contribution in [0.5, 0.6) is 0 Å². The summed E-state index contributed by atoms with van der Waals surface area (Å²) in [7, 11) is 0. The third-order valence-corrected chi connectivity index (χ3v) is 4.29. The number of carbonyl (C=O) groups excluding carboxylic acids is 1. The number of aromatic amines is 1. The predicted octanol–water partition coefficient (Wildman–Crippen LogP) is 4.17. The van der Waals surface area contributed by atoms with E-state index in [9.17, 15) is 4.79 Å². The maximum absolute atomic E-state index is 11.5. The summed E-state index contributed by atoms with van der Waals surface area (Å²) in [4.78, 5) is 14.7. The number of benzene rings is 1. The Bertz CT molecular complexity index is 725. The van der Waals surface area contributed by atoms with Crippen molar-refractivity contribution >= 4 is 40.1 Å². The Morgan fingerprint density at radius 2 is 2.24 bits per heavy atom. The SMILES string of the molecule is CCC1(OC(C)=O)OCCc2c1[nH]c1c(Cl)cc(Cl)cc21. The molecule has 21 heavy (non-hydrogen) atoms. The molecular formula is C15H15Cl2NO3. The molecule has 3 rings (SSSR count). The van der Waals surface area contributed by atoms with E-state index in [0.29, 0.717) is 23.1 Å². The molecule has 1 aromatic heterocycles. The summed E-state index contributed by atoms with van der Waals surface area (Å²) < 4.78 is 11.3. The third-order valence-electron chi connectivity index (χ3n) is 3.77. The van der Waals surface area contributed by atoms with Gasteiger partial charge in [-0.3, -0.25) is 4.79 Å². The summed E-state index contributed by atoms with van der Waals surface area (Å²) in [5.41, 5.74) is 2.59. The highest BCUT2D eigenvalue weighted by molar-refractivity contribution is 6.38. The van der Waals surface area contributed by atoms with Crippen molar-refractivity contribution in [3.8, 4) is 0 Å². The second kappa shape index (κ2) is 5.20. The molecule has 4 nitrogen and oxygen atoms in total. The number of ether oxygens (including phenoxy) is 2. The number of aromatic nitrogens is 1. The topological polar surface area (TPSA) is 51.3 Å². The first-order valence-corrected chi connectivity index (χ1v) is 7.56. The van der Waals surface area contributed by atoms with Gasteiger partial charge in [-0.05, 0) is 24.1 Å². The van der Waals surface area contributed by atoms with Crippen molar-refractivity contribution in [2.75, 3.05) is 6.61 Å². The monoisotopic (exact) mass is 327 g/mol. The number of rotatable bonds is 2. The summed E-state index contributed by atoms with van der Waals surface area (Å²) in [6.45, 7) is 3.77. The number of carbonyl (C=O) groups is 1. The lowest BCUT2D eigenvalue weighted by Crippen LogP contribution is -2.39. The van der Waals surface area contributed by atoms with Crippen LogP contribution >= 0.6 is 23.2 Å². The van der Waals surface area contributed by atoms with Gasteiger partial charge in [-0.15, -0.1) is 0 Å². The molecule has 1 unspecified atom stereocenters. The van der Waals surface area contributed by atoms with Crippen LogP contribution in [0.2, 0.25) is 10.0 Å². The van der Waals surface area contributed by atoms with Crippen molar-refractivity contribution in [3.63, 3.8) is 0 Å². The Morgan fingerprint density at radius 3 is 2.90 bits per heavy atom. The van der Waals surface area contributed by atoms with E-state index in [0.717, 1.165) is 28.6 Å². The van der Waals surface area contributed by atoms with Crippen LogP contribution in [-0.4, -0.2) is 17.6 Å². The largest absolute Gasteiger partial charge is 0.427 e. The highest BCUT2D eigenvalue weighted by atomic mass is 35.5. The van der Waals surface area contributed by atoms with Gasteiger partial charge in [0, 0.05) is 23.8 Å². The van der Waals surface area contributed by atoms with Gasteiger partial charge in [0.1, 0.15) is 0 Å². The second-order valence-electron chi connectivity index (χ2n) is 5.09. The van der Waals surface area contributed by atoms with Crippen LogP contribution in [0.15, 0.2) is 12.1 Å². The number of fused-ring (bicyclic) bond motifs is 3. The molecule has 1 aliphatic heterocycles. The number of H-pyrrole nitrogens is 1. The number of halogens is 2. The minimum absolute atomic E-state index is 0.382. The van der Waals surface area contributed by atoms with Crippen molar-refractivity contribution in [2.24, 2.45) is 0 Å². The Balaban J connectivity index is 2.26. The van der Waals surface area contributed by atoms with Crippen LogP contribution < -0.4 is 0 Å². The lowest BCUT2D eigenvalue weighted by molar-refractivity contribution is -0.245. The molecule has 0 aliphatic carbocycles. The van der Waals surface area contributed by atoms with Gasteiger partial charge in [-0.2, -0.15) is 0 Å². The zero-order valence-electron chi connectivity index (χ0n) is 11.8. The summed E-state index contributed by atoms with van der Waals surface area (Å²) in [5, 5.41) is 2.07. The molecule has 0 spiro atoms. The van der Waals surface area contributed by atoms with E-state index in [2.05, 4.69) is 4.98 Å². The average molecular weight is 328 g/mol. The highest BCUT2D eigenvalue weighted by Gasteiger charge is 2.42. The van der Waals surface area contributed by atoms with Crippen LogP contribution in [0.3, 0.4) is 0 Å². The first-order chi connectivity index (χ1) is 9.97. The Kier molecular flexibility index (Phi) is 3.64. The van der Waals surface area contributed by atoms with E-state index in [1.165, 1.54) is 6.92 Å². The maximum atomic E-state index is 11.5.